The Bertz CT molecular complexity index is 230. The predicted molar refractivity (Wildman–Crippen MR) is 84.7 cm³/mol. The molecule has 0 bridgehead atoms. The molecule has 1 saturated heterocycles. The predicted octanol–water partition coefficient (Wildman–Crippen LogP) is 2.57. The molecule has 1 N–H and O–H groups in total. The lowest BCUT2D eigenvalue weighted by Gasteiger charge is -2.33. The first-order valence-electron chi connectivity index (χ1n) is 8.26. The maximum atomic E-state index is 3.61. The highest BCUT2D eigenvalue weighted by Crippen LogP contribution is 2.18. The number of rotatable bonds is 9. The van der Waals surface area contributed by atoms with Crippen LogP contribution in [0.15, 0.2) is 0 Å². The lowest BCUT2D eigenvalue weighted by Crippen LogP contribution is -2.47. The Kier molecular flexibility index (Phi) is 7.96. The molecule has 0 aromatic rings. The van der Waals surface area contributed by atoms with E-state index in [1.165, 1.54) is 45.3 Å². The fraction of sp³-hybridized carbons (Fsp3) is 1.00. The quantitative estimate of drug-likeness (QED) is 0.694. The highest BCUT2D eigenvalue weighted by atomic mass is 15.2. The van der Waals surface area contributed by atoms with Crippen molar-refractivity contribution in [1.82, 2.24) is 15.1 Å². The fourth-order valence-corrected chi connectivity index (χ4v) is 3.18. The van der Waals surface area contributed by atoms with Gasteiger partial charge in [-0.25, -0.2) is 0 Å². The van der Waals surface area contributed by atoms with E-state index in [0.29, 0.717) is 12.1 Å². The molecule has 0 radical (unpaired) electrons. The summed E-state index contributed by atoms with van der Waals surface area (Å²) in [7, 11) is 2.31. The van der Waals surface area contributed by atoms with E-state index in [4.69, 9.17) is 0 Å². The Hall–Kier alpha value is -0.120. The first-order valence-corrected chi connectivity index (χ1v) is 8.26. The Morgan fingerprint density at radius 1 is 1.32 bits per heavy atom. The molecule has 0 spiro atoms. The molecule has 0 aromatic carbocycles. The van der Waals surface area contributed by atoms with Gasteiger partial charge in [0.1, 0.15) is 0 Å². The largest absolute Gasteiger partial charge is 0.313 e. The summed E-state index contributed by atoms with van der Waals surface area (Å²) < 4.78 is 0. The maximum absolute atomic E-state index is 3.61. The first-order chi connectivity index (χ1) is 9.08. The second-order valence-electron chi connectivity index (χ2n) is 6.37. The fourth-order valence-electron chi connectivity index (χ4n) is 3.18. The van der Waals surface area contributed by atoms with Gasteiger partial charge in [-0.15, -0.1) is 0 Å². The monoisotopic (exact) mass is 269 g/mol. The molecule has 114 valence electrons. The summed E-state index contributed by atoms with van der Waals surface area (Å²) in [5, 5.41) is 3.61. The Morgan fingerprint density at radius 3 is 2.63 bits per heavy atom. The average molecular weight is 269 g/mol. The first kappa shape index (κ1) is 16.9. The van der Waals surface area contributed by atoms with Crippen LogP contribution in [-0.2, 0) is 0 Å². The van der Waals surface area contributed by atoms with Gasteiger partial charge in [0.25, 0.3) is 0 Å². The van der Waals surface area contributed by atoms with Crippen LogP contribution in [0.4, 0.5) is 0 Å². The molecule has 2 atom stereocenters. The van der Waals surface area contributed by atoms with Gasteiger partial charge in [-0.3, -0.25) is 4.90 Å². The molecule has 1 rings (SSSR count). The van der Waals surface area contributed by atoms with Crippen LogP contribution in [0.2, 0.25) is 0 Å². The summed E-state index contributed by atoms with van der Waals surface area (Å²) in [6, 6.07) is 2.06. The summed E-state index contributed by atoms with van der Waals surface area (Å²) in [5.41, 5.74) is 0. The van der Waals surface area contributed by atoms with Crippen LogP contribution in [0.1, 0.15) is 53.4 Å². The van der Waals surface area contributed by atoms with Gasteiger partial charge in [-0.05, 0) is 39.4 Å². The zero-order chi connectivity index (χ0) is 14.3. The summed E-state index contributed by atoms with van der Waals surface area (Å²) in [6.45, 7) is 13.9. The summed E-state index contributed by atoms with van der Waals surface area (Å²) in [5.74, 6) is 0. The van der Waals surface area contributed by atoms with Crippen molar-refractivity contribution in [3.63, 3.8) is 0 Å². The van der Waals surface area contributed by atoms with Gasteiger partial charge in [-0.1, -0.05) is 34.1 Å². The molecule has 3 nitrogen and oxygen atoms in total. The molecule has 1 fully saturated rings. The van der Waals surface area contributed by atoms with Gasteiger partial charge < -0.3 is 10.2 Å². The highest BCUT2D eigenvalue weighted by molar-refractivity contribution is 4.83. The van der Waals surface area contributed by atoms with Gasteiger partial charge in [0.05, 0.1) is 0 Å². The number of hydrogen-bond acceptors (Lipinski definition) is 3. The van der Waals surface area contributed by atoms with Gasteiger partial charge in [0.2, 0.25) is 0 Å². The van der Waals surface area contributed by atoms with Crippen molar-refractivity contribution < 1.29 is 0 Å². The van der Waals surface area contributed by atoms with Crippen LogP contribution in [-0.4, -0.2) is 61.2 Å². The standard InChI is InChI=1S/C16H35N3/c1-6-9-15(12-17-14(3)4)18(5)13-16-10-8-11-19(16)7-2/h14-17H,6-13H2,1-5H3. The van der Waals surface area contributed by atoms with Crippen LogP contribution in [0.25, 0.3) is 0 Å². The minimum atomic E-state index is 0.589. The lowest BCUT2D eigenvalue weighted by molar-refractivity contribution is 0.154. The third-order valence-electron chi connectivity index (χ3n) is 4.41. The molecule has 3 heteroatoms. The zero-order valence-corrected chi connectivity index (χ0v) is 13.8. The second kappa shape index (κ2) is 8.93. The van der Waals surface area contributed by atoms with E-state index in [1.54, 1.807) is 0 Å². The van der Waals surface area contributed by atoms with E-state index < -0.39 is 0 Å². The van der Waals surface area contributed by atoms with Crippen LogP contribution in [0.5, 0.6) is 0 Å². The number of nitrogens with zero attached hydrogens (tertiary/aromatic N) is 2. The topological polar surface area (TPSA) is 18.5 Å². The van der Waals surface area contributed by atoms with E-state index in [-0.39, 0.29) is 0 Å². The Morgan fingerprint density at radius 2 is 2.05 bits per heavy atom. The third kappa shape index (κ3) is 5.80. The molecule has 0 aliphatic carbocycles. The van der Waals surface area contributed by atoms with Crippen molar-refractivity contribution in [2.24, 2.45) is 0 Å². The molecule has 1 aliphatic heterocycles. The molecule has 2 unspecified atom stereocenters. The van der Waals surface area contributed by atoms with Gasteiger partial charge in [-0.2, -0.15) is 0 Å². The number of likely N-dealkylation sites (N-methyl/N-ethyl adjacent to an activating group) is 2. The summed E-state index contributed by atoms with van der Waals surface area (Å²) in [6.07, 6.45) is 5.34. The van der Waals surface area contributed by atoms with Crippen LogP contribution in [0.3, 0.4) is 0 Å². The van der Waals surface area contributed by atoms with Crippen molar-refractivity contribution in [3.05, 3.63) is 0 Å². The molecular weight excluding hydrogens is 234 g/mol. The average Bonchev–Trinajstić information content (AvgIpc) is 2.81. The molecule has 1 heterocycles. The zero-order valence-electron chi connectivity index (χ0n) is 13.8. The number of likely N-dealkylation sites (tertiary alicyclic amines) is 1. The van der Waals surface area contributed by atoms with E-state index in [9.17, 15) is 0 Å². The van der Waals surface area contributed by atoms with Crippen molar-refractivity contribution in [1.29, 1.82) is 0 Å². The maximum Gasteiger partial charge on any atom is 0.0223 e. The van der Waals surface area contributed by atoms with E-state index in [1.807, 2.05) is 0 Å². The van der Waals surface area contributed by atoms with Gasteiger partial charge in [0.15, 0.2) is 0 Å². The SMILES string of the molecule is CCCC(CNC(C)C)N(C)CC1CCCN1CC. The van der Waals surface area contributed by atoms with Crippen LogP contribution >= 0.6 is 0 Å². The van der Waals surface area contributed by atoms with Crippen molar-refractivity contribution in [2.45, 2.75) is 71.5 Å². The molecule has 0 aromatic heterocycles. The lowest BCUT2D eigenvalue weighted by atomic mass is 10.1. The van der Waals surface area contributed by atoms with E-state index in [0.717, 1.165) is 12.6 Å². The Balaban J connectivity index is 2.43. The molecule has 1 aliphatic rings. The van der Waals surface area contributed by atoms with Crippen LogP contribution in [0, 0.1) is 0 Å². The van der Waals surface area contributed by atoms with Crippen molar-refractivity contribution >= 4 is 0 Å². The Labute approximate surface area is 120 Å². The number of nitrogens with one attached hydrogen (secondary N) is 1. The van der Waals surface area contributed by atoms with Crippen LogP contribution < -0.4 is 5.32 Å². The number of hydrogen-bond donors (Lipinski definition) is 1. The van der Waals surface area contributed by atoms with E-state index in [2.05, 4.69) is 49.9 Å². The summed E-state index contributed by atoms with van der Waals surface area (Å²) in [4.78, 5) is 5.24. The normalized spacial score (nSPS) is 22.6. The molecule has 0 amide bonds. The van der Waals surface area contributed by atoms with Gasteiger partial charge in [0, 0.05) is 31.2 Å². The van der Waals surface area contributed by atoms with Crippen molar-refractivity contribution in [3.8, 4) is 0 Å². The summed E-state index contributed by atoms with van der Waals surface area (Å²) >= 11 is 0. The molecule has 0 saturated carbocycles. The molecule has 19 heavy (non-hydrogen) atoms. The minimum Gasteiger partial charge on any atom is -0.313 e. The minimum absolute atomic E-state index is 0.589. The van der Waals surface area contributed by atoms with E-state index >= 15 is 0 Å². The smallest absolute Gasteiger partial charge is 0.0223 e. The highest BCUT2D eigenvalue weighted by Gasteiger charge is 2.26. The molecular formula is C16H35N3. The van der Waals surface area contributed by atoms with Gasteiger partial charge >= 0.3 is 0 Å². The second-order valence-corrected chi connectivity index (χ2v) is 6.37. The third-order valence-corrected chi connectivity index (χ3v) is 4.41. The van der Waals surface area contributed by atoms with Crippen molar-refractivity contribution in [2.75, 3.05) is 33.2 Å².